The third-order valence-electron chi connectivity index (χ3n) is 6.76. The molecule has 1 saturated carbocycles. The third-order valence-corrected chi connectivity index (χ3v) is 6.96. The van der Waals surface area contributed by atoms with E-state index in [2.05, 4.69) is 14.7 Å². The average molecular weight is 509 g/mol. The number of likely N-dealkylation sites (N-methyl/N-ethyl adjacent to an activating group) is 1. The molecule has 4 unspecified atom stereocenters. The predicted octanol–water partition coefficient (Wildman–Crippen LogP) is 3.42. The summed E-state index contributed by atoms with van der Waals surface area (Å²) in [4.78, 5) is 35.0. The van der Waals surface area contributed by atoms with Gasteiger partial charge in [-0.1, -0.05) is 17.7 Å². The van der Waals surface area contributed by atoms with Crippen molar-refractivity contribution >= 4 is 29.4 Å². The summed E-state index contributed by atoms with van der Waals surface area (Å²) in [7, 11) is 1.52. The van der Waals surface area contributed by atoms with Crippen LogP contribution in [-0.2, 0) is 19.9 Å². The molecule has 0 radical (unpaired) electrons. The van der Waals surface area contributed by atoms with Crippen molar-refractivity contribution in [3.63, 3.8) is 0 Å². The summed E-state index contributed by atoms with van der Waals surface area (Å²) in [5.41, 5.74) is 6.58. The molecular formula is C23H20ClF3N4O4. The number of benzene rings is 1. The molecule has 2 aromatic rings. The van der Waals surface area contributed by atoms with Crippen LogP contribution in [0.1, 0.15) is 24.8 Å². The highest BCUT2D eigenvalue weighted by atomic mass is 35.5. The van der Waals surface area contributed by atoms with Gasteiger partial charge in [-0.3, -0.25) is 14.7 Å². The van der Waals surface area contributed by atoms with Crippen molar-refractivity contribution in [2.75, 3.05) is 7.05 Å². The predicted molar refractivity (Wildman–Crippen MR) is 118 cm³/mol. The second kappa shape index (κ2) is 8.11. The first-order chi connectivity index (χ1) is 16.5. The third kappa shape index (κ3) is 3.78. The number of aromatic nitrogens is 1. The molecule has 0 bridgehead atoms. The average Bonchev–Trinajstić information content (AvgIpc) is 3.03. The number of alkyl halides is 3. The SMILES string of the molecule is CN1C(=O)C2(N=C1N)c1cc(-c3cncc(Cl)c3)ccc1OC1CC(OC(=O)C(F)(F)F)CCC12. The number of amides is 1. The van der Waals surface area contributed by atoms with Gasteiger partial charge in [-0.2, -0.15) is 13.2 Å². The van der Waals surface area contributed by atoms with Crippen molar-refractivity contribution < 1.29 is 32.2 Å². The van der Waals surface area contributed by atoms with E-state index in [9.17, 15) is 22.8 Å². The fraction of sp³-hybridized carbons (Fsp3) is 0.391. The Morgan fingerprint density at radius 3 is 2.69 bits per heavy atom. The van der Waals surface area contributed by atoms with Crippen LogP contribution in [0, 0.1) is 5.92 Å². The quantitative estimate of drug-likeness (QED) is 0.623. The molecule has 1 fully saturated rings. The van der Waals surface area contributed by atoms with Gasteiger partial charge in [0.15, 0.2) is 11.5 Å². The Bertz CT molecular complexity index is 1250. The summed E-state index contributed by atoms with van der Waals surface area (Å²) in [6, 6.07) is 6.95. The van der Waals surface area contributed by atoms with E-state index in [4.69, 9.17) is 22.1 Å². The first-order valence-corrected chi connectivity index (χ1v) is 11.2. The molecule has 2 aliphatic heterocycles. The van der Waals surface area contributed by atoms with Gasteiger partial charge in [0, 0.05) is 42.9 Å². The Balaban J connectivity index is 1.56. The lowest BCUT2D eigenvalue weighted by Gasteiger charge is -2.47. The van der Waals surface area contributed by atoms with Crippen molar-refractivity contribution in [3.8, 4) is 16.9 Å². The molecule has 1 aromatic carbocycles. The summed E-state index contributed by atoms with van der Waals surface area (Å²) >= 11 is 6.10. The Hall–Kier alpha value is -3.34. The molecule has 1 spiro atoms. The first kappa shape index (κ1) is 23.4. The molecule has 1 amide bonds. The number of esters is 1. The molecular weight excluding hydrogens is 489 g/mol. The topological polar surface area (TPSA) is 107 Å². The monoisotopic (exact) mass is 508 g/mol. The Morgan fingerprint density at radius 1 is 1.26 bits per heavy atom. The number of nitrogens with zero attached hydrogens (tertiary/aromatic N) is 3. The van der Waals surface area contributed by atoms with E-state index < -0.39 is 35.8 Å². The van der Waals surface area contributed by atoms with Gasteiger partial charge < -0.3 is 15.2 Å². The summed E-state index contributed by atoms with van der Waals surface area (Å²) in [6.07, 6.45) is -3.33. The van der Waals surface area contributed by atoms with Crippen molar-refractivity contribution in [2.45, 2.75) is 43.2 Å². The lowest BCUT2D eigenvalue weighted by molar-refractivity contribution is -0.208. The highest BCUT2D eigenvalue weighted by Gasteiger charge is 2.61. The molecule has 8 nitrogen and oxygen atoms in total. The molecule has 35 heavy (non-hydrogen) atoms. The number of aliphatic imine (C=N–C) groups is 1. The number of hydrogen-bond acceptors (Lipinski definition) is 7. The van der Waals surface area contributed by atoms with Crippen molar-refractivity contribution in [2.24, 2.45) is 16.6 Å². The maximum atomic E-state index is 13.6. The summed E-state index contributed by atoms with van der Waals surface area (Å²) in [6.45, 7) is 0. The van der Waals surface area contributed by atoms with Gasteiger partial charge in [0.25, 0.3) is 5.91 Å². The van der Waals surface area contributed by atoms with E-state index in [0.29, 0.717) is 16.3 Å². The van der Waals surface area contributed by atoms with Gasteiger partial charge >= 0.3 is 12.1 Å². The van der Waals surface area contributed by atoms with Crippen LogP contribution in [-0.4, -0.2) is 53.2 Å². The fourth-order valence-corrected chi connectivity index (χ4v) is 5.32. The summed E-state index contributed by atoms with van der Waals surface area (Å²) in [5.74, 6) is -2.75. The zero-order chi connectivity index (χ0) is 25.1. The van der Waals surface area contributed by atoms with Crippen LogP contribution >= 0.6 is 11.6 Å². The first-order valence-electron chi connectivity index (χ1n) is 10.8. The minimum Gasteiger partial charge on any atom is -0.489 e. The zero-order valence-electron chi connectivity index (χ0n) is 18.4. The Labute approximate surface area is 202 Å². The van der Waals surface area contributed by atoms with E-state index in [1.807, 2.05) is 0 Å². The second-order valence-electron chi connectivity index (χ2n) is 8.80. The maximum absolute atomic E-state index is 13.6. The smallest absolute Gasteiger partial charge is 0.489 e. The lowest BCUT2D eigenvalue weighted by Crippen LogP contribution is -2.55. The Kier molecular flexibility index (Phi) is 5.42. The van der Waals surface area contributed by atoms with E-state index in [-0.39, 0.29) is 31.1 Å². The number of ether oxygens (including phenoxy) is 2. The molecule has 1 aromatic heterocycles. The van der Waals surface area contributed by atoms with Crippen LogP contribution < -0.4 is 10.5 Å². The molecule has 5 rings (SSSR count). The summed E-state index contributed by atoms with van der Waals surface area (Å²) < 4.78 is 49.0. The van der Waals surface area contributed by atoms with Crippen molar-refractivity contribution in [1.29, 1.82) is 0 Å². The molecule has 0 saturated heterocycles. The number of rotatable bonds is 2. The largest absolute Gasteiger partial charge is 0.490 e. The highest BCUT2D eigenvalue weighted by Crippen LogP contribution is 2.54. The number of hydrogen-bond donors (Lipinski definition) is 1. The normalized spacial score (nSPS) is 27.7. The minimum atomic E-state index is -5.09. The minimum absolute atomic E-state index is 0.0138. The van der Waals surface area contributed by atoms with Crippen LogP contribution in [0.4, 0.5) is 13.2 Å². The van der Waals surface area contributed by atoms with Crippen LogP contribution in [0.5, 0.6) is 5.75 Å². The van der Waals surface area contributed by atoms with Gasteiger partial charge in [0.2, 0.25) is 0 Å². The van der Waals surface area contributed by atoms with Crippen LogP contribution in [0.15, 0.2) is 41.7 Å². The maximum Gasteiger partial charge on any atom is 0.490 e. The molecule has 3 heterocycles. The Morgan fingerprint density at radius 2 is 2.03 bits per heavy atom. The van der Waals surface area contributed by atoms with Crippen LogP contribution in [0.2, 0.25) is 5.02 Å². The number of carbonyl (C=O) groups excluding carboxylic acids is 2. The molecule has 12 heteroatoms. The zero-order valence-corrected chi connectivity index (χ0v) is 19.1. The number of pyridine rings is 1. The molecule has 2 N–H and O–H groups in total. The number of carbonyl (C=O) groups is 2. The summed E-state index contributed by atoms with van der Waals surface area (Å²) in [5, 5.41) is 0.442. The van der Waals surface area contributed by atoms with Gasteiger partial charge in [0.1, 0.15) is 18.0 Å². The van der Waals surface area contributed by atoms with Gasteiger partial charge in [-0.15, -0.1) is 0 Å². The molecule has 4 atom stereocenters. The number of halogens is 4. The van der Waals surface area contributed by atoms with Crippen LogP contribution in [0.25, 0.3) is 11.1 Å². The van der Waals surface area contributed by atoms with Gasteiger partial charge in [-0.05, 0) is 36.6 Å². The number of guanidine groups is 1. The number of fused-ring (bicyclic) bond motifs is 4. The van der Waals surface area contributed by atoms with E-state index in [0.717, 1.165) is 11.1 Å². The van der Waals surface area contributed by atoms with Crippen LogP contribution in [0.3, 0.4) is 0 Å². The highest BCUT2D eigenvalue weighted by molar-refractivity contribution is 6.30. The molecule has 1 aliphatic carbocycles. The molecule has 184 valence electrons. The fourth-order valence-electron chi connectivity index (χ4n) is 5.15. The van der Waals surface area contributed by atoms with Crippen molar-refractivity contribution in [1.82, 2.24) is 9.88 Å². The van der Waals surface area contributed by atoms with E-state index in [1.165, 1.54) is 18.1 Å². The lowest BCUT2D eigenvalue weighted by atomic mass is 9.66. The second-order valence-corrected chi connectivity index (χ2v) is 9.24. The van der Waals surface area contributed by atoms with E-state index >= 15 is 0 Å². The van der Waals surface area contributed by atoms with E-state index in [1.54, 1.807) is 30.5 Å². The number of nitrogens with two attached hydrogens (primary N) is 1. The van der Waals surface area contributed by atoms with Gasteiger partial charge in [0.05, 0.1) is 5.02 Å². The van der Waals surface area contributed by atoms with Gasteiger partial charge in [-0.25, -0.2) is 9.79 Å². The molecule has 3 aliphatic rings. The van der Waals surface area contributed by atoms with Crippen molar-refractivity contribution in [3.05, 3.63) is 47.2 Å². The standard InChI is InChI=1S/C23H20ClF3N4O4/c1-31-19(32)22(30-21(31)28)15-4-3-14(34-20(33)23(25,26)27)8-18(15)35-17-5-2-11(7-16(17)22)12-6-13(24)10-29-9-12/h2,5-7,9-10,14-15,18H,3-4,8H2,1H3,(H2,28,30).